The maximum Gasteiger partial charge on any atom is 0.252 e. The van der Waals surface area contributed by atoms with E-state index in [2.05, 4.69) is 10.0 Å². The highest BCUT2D eigenvalue weighted by molar-refractivity contribution is 7.88. The van der Waals surface area contributed by atoms with E-state index < -0.39 is 10.0 Å². The summed E-state index contributed by atoms with van der Waals surface area (Å²) in [6.07, 6.45) is 0. The molecular weight excluding hydrogens is 356 g/mol. The van der Waals surface area contributed by atoms with E-state index in [1.807, 2.05) is 32.0 Å². The van der Waals surface area contributed by atoms with Gasteiger partial charge in [-0.05, 0) is 44.9 Å². The van der Waals surface area contributed by atoms with E-state index in [0.717, 1.165) is 15.3 Å². The molecule has 0 fully saturated rings. The number of thiophene rings is 1. The molecule has 136 valence electrons. The van der Waals surface area contributed by atoms with E-state index in [1.54, 1.807) is 37.3 Å². The largest absolute Gasteiger partial charge is 0.348 e. The van der Waals surface area contributed by atoms with Gasteiger partial charge in [0.2, 0.25) is 10.0 Å². The van der Waals surface area contributed by atoms with Crippen molar-refractivity contribution in [2.24, 2.45) is 0 Å². The van der Waals surface area contributed by atoms with Crippen molar-refractivity contribution in [1.82, 2.24) is 10.0 Å². The summed E-state index contributed by atoms with van der Waals surface area (Å²) in [6.45, 7) is 7.91. The number of hydrogen-bond donors (Lipinski definition) is 2. The van der Waals surface area contributed by atoms with Crippen LogP contribution in [0.15, 0.2) is 30.3 Å². The van der Waals surface area contributed by atoms with Crippen molar-refractivity contribution in [3.63, 3.8) is 0 Å². The summed E-state index contributed by atoms with van der Waals surface area (Å²) in [4.78, 5) is 14.3. The van der Waals surface area contributed by atoms with Crippen LogP contribution in [0.1, 0.15) is 45.1 Å². The third kappa shape index (κ3) is 5.95. The first-order valence-electron chi connectivity index (χ1n) is 8.09. The van der Waals surface area contributed by atoms with Gasteiger partial charge >= 0.3 is 0 Å². The molecule has 0 saturated heterocycles. The molecule has 1 aromatic heterocycles. The van der Waals surface area contributed by atoms with Gasteiger partial charge in [-0.2, -0.15) is 0 Å². The van der Waals surface area contributed by atoms with Crippen molar-refractivity contribution in [3.05, 3.63) is 56.8 Å². The van der Waals surface area contributed by atoms with Crippen molar-refractivity contribution in [2.45, 2.75) is 46.0 Å². The number of carbonyl (C=O) groups is 1. The molecule has 0 aliphatic carbocycles. The van der Waals surface area contributed by atoms with Gasteiger partial charge in [0.1, 0.15) is 0 Å². The quantitative estimate of drug-likeness (QED) is 0.775. The summed E-state index contributed by atoms with van der Waals surface area (Å²) < 4.78 is 26.4. The molecule has 0 bridgehead atoms. The second-order valence-corrected chi connectivity index (χ2v) is 9.57. The van der Waals surface area contributed by atoms with Gasteiger partial charge in [0.15, 0.2) is 0 Å². The van der Waals surface area contributed by atoms with E-state index in [-0.39, 0.29) is 17.7 Å². The Kier molecular flexibility index (Phi) is 6.37. The predicted octanol–water partition coefficient (Wildman–Crippen LogP) is 3.12. The number of benzene rings is 1. The van der Waals surface area contributed by atoms with Crippen LogP contribution in [0.2, 0.25) is 0 Å². The highest BCUT2D eigenvalue weighted by Gasteiger charge is 2.13. The third-order valence-corrected chi connectivity index (χ3v) is 6.04. The van der Waals surface area contributed by atoms with Crippen LogP contribution < -0.4 is 10.0 Å². The minimum absolute atomic E-state index is 0.0504. The van der Waals surface area contributed by atoms with Crippen LogP contribution in [-0.4, -0.2) is 20.4 Å². The van der Waals surface area contributed by atoms with E-state index >= 15 is 0 Å². The number of aryl methyl sites for hydroxylation is 2. The molecule has 2 N–H and O–H groups in total. The number of amides is 1. The predicted molar refractivity (Wildman–Crippen MR) is 102 cm³/mol. The van der Waals surface area contributed by atoms with E-state index in [9.17, 15) is 13.2 Å². The van der Waals surface area contributed by atoms with Crippen LogP contribution >= 0.6 is 11.3 Å². The Balaban J connectivity index is 1.94. The fourth-order valence-corrected chi connectivity index (χ4v) is 4.86. The van der Waals surface area contributed by atoms with E-state index in [4.69, 9.17) is 0 Å². The molecule has 0 spiro atoms. The van der Waals surface area contributed by atoms with Gasteiger partial charge in [-0.1, -0.05) is 24.3 Å². The maximum atomic E-state index is 12.2. The van der Waals surface area contributed by atoms with Crippen LogP contribution in [-0.2, 0) is 22.3 Å². The van der Waals surface area contributed by atoms with Gasteiger partial charge in [-0.25, -0.2) is 13.1 Å². The Morgan fingerprint density at radius 3 is 2.24 bits per heavy atom. The molecule has 0 atom stereocenters. The summed E-state index contributed by atoms with van der Waals surface area (Å²) in [5.41, 5.74) is 2.36. The van der Waals surface area contributed by atoms with Crippen LogP contribution in [0.25, 0.3) is 0 Å². The van der Waals surface area contributed by atoms with Crippen molar-refractivity contribution in [1.29, 1.82) is 0 Å². The van der Waals surface area contributed by atoms with Crippen LogP contribution in [0.3, 0.4) is 0 Å². The Hall–Kier alpha value is -1.70. The van der Waals surface area contributed by atoms with Crippen molar-refractivity contribution in [3.8, 4) is 0 Å². The van der Waals surface area contributed by atoms with Gasteiger partial charge in [-0.15, -0.1) is 11.3 Å². The molecular formula is C18H24N2O3S2. The van der Waals surface area contributed by atoms with Gasteiger partial charge in [0.25, 0.3) is 5.91 Å². The Bertz CT molecular complexity index is 838. The standard InChI is InChI=1S/C18H24N2O3S2/c1-12(2)20-25(22,23)11-16-7-5-15(6-8-16)10-19-18(21)17-9-13(3)24-14(17)4/h5-9,12,20H,10-11H2,1-4H3,(H,19,21). The normalized spacial score (nSPS) is 11.7. The lowest BCUT2D eigenvalue weighted by atomic mass is 10.1. The monoisotopic (exact) mass is 380 g/mol. The van der Waals surface area contributed by atoms with E-state index in [0.29, 0.717) is 17.7 Å². The molecule has 1 heterocycles. The lowest BCUT2D eigenvalue weighted by Crippen LogP contribution is -2.31. The molecule has 25 heavy (non-hydrogen) atoms. The minimum Gasteiger partial charge on any atom is -0.348 e. The van der Waals surface area contributed by atoms with Crippen molar-refractivity contribution < 1.29 is 13.2 Å². The zero-order chi connectivity index (χ0) is 18.6. The van der Waals surface area contributed by atoms with Gasteiger partial charge < -0.3 is 5.32 Å². The molecule has 1 aromatic carbocycles. The highest BCUT2D eigenvalue weighted by atomic mass is 32.2. The molecule has 5 nitrogen and oxygen atoms in total. The number of sulfonamides is 1. The lowest BCUT2D eigenvalue weighted by Gasteiger charge is -2.10. The molecule has 2 rings (SSSR count). The fraction of sp³-hybridized carbons (Fsp3) is 0.389. The highest BCUT2D eigenvalue weighted by Crippen LogP contribution is 2.20. The second-order valence-electron chi connectivity index (χ2n) is 6.36. The first kappa shape index (κ1) is 19.6. The Morgan fingerprint density at radius 2 is 1.72 bits per heavy atom. The number of carbonyl (C=O) groups excluding carboxylic acids is 1. The number of hydrogen-bond acceptors (Lipinski definition) is 4. The third-order valence-electron chi connectivity index (χ3n) is 3.53. The molecule has 2 aromatic rings. The summed E-state index contributed by atoms with van der Waals surface area (Å²) in [7, 11) is -3.33. The zero-order valence-electron chi connectivity index (χ0n) is 14.9. The number of rotatable bonds is 7. The summed E-state index contributed by atoms with van der Waals surface area (Å²) in [5.74, 6) is -0.139. The smallest absolute Gasteiger partial charge is 0.252 e. The molecule has 0 saturated carbocycles. The van der Waals surface area contributed by atoms with E-state index in [1.165, 1.54) is 0 Å². The molecule has 0 aliphatic heterocycles. The SMILES string of the molecule is Cc1cc(C(=O)NCc2ccc(CS(=O)(=O)NC(C)C)cc2)c(C)s1. The summed E-state index contributed by atoms with van der Waals surface area (Å²) in [6, 6.07) is 9.01. The van der Waals surface area contributed by atoms with Gasteiger partial charge in [-0.3, -0.25) is 4.79 Å². The maximum absolute atomic E-state index is 12.2. The molecule has 0 radical (unpaired) electrons. The average molecular weight is 381 g/mol. The first-order valence-corrected chi connectivity index (χ1v) is 10.6. The first-order chi connectivity index (χ1) is 11.7. The van der Waals surface area contributed by atoms with Crippen molar-refractivity contribution >= 4 is 27.3 Å². The Labute approximate surface area is 153 Å². The van der Waals surface area contributed by atoms with Crippen LogP contribution in [0.4, 0.5) is 0 Å². The lowest BCUT2D eigenvalue weighted by molar-refractivity contribution is 0.0951. The second kappa shape index (κ2) is 8.12. The summed E-state index contributed by atoms with van der Waals surface area (Å²) in [5, 5.41) is 2.90. The molecule has 0 unspecified atom stereocenters. The Morgan fingerprint density at radius 1 is 1.12 bits per heavy atom. The van der Waals surface area contributed by atoms with Crippen LogP contribution in [0.5, 0.6) is 0 Å². The van der Waals surface area contributed by atoms with Crippen LogP contribution in [0, 0.1) is 13.8 Å². The average Bonchev–Trinajstić information content (AvgIpc) is 2.83. The molecule has 1 amide bonds. The van der Waals surface area contributed by atoms with Gasteiger partial charge in [0.05, 0.1) is 11.3 Å². The minimum atomic E-state index is -3.33. The number of nitrogens with one attached hydrogen (secondary N) is 2. The zero-order valence-corrected chi connectivity index (χ0v) is 16.6. The van der Waals surface area contributed by atoms with Gasteiger partial charge in [0, 0.05) is 22.3 Å². The molecule has 0 aliphatic rings. The van der Waals surface area contributed by atoms with Crippen molar-refractivity contribution in [2.75, 3.05) is 0 Å². The molecule has 7 heteroatoms. The fourth-order valence-electron chi connectivity index (χ4n) is 2.51. The summed E-state index contributed by atoms with van der Waals surface area (Å²) >= 11 is 1.61. The topological polar surface area (TPSA) is 75.3 Å².